The van der Waals surface area contributed by atoms with Crippen molar-refractivity contribution in [3.05, 3.63) is 29.8 Å². The molecule has 6 nitrogen and oxygen atoms in total. The van der Waals surface area contributed by atoms with Gasteiger partial charge in [-0.15, -0.1) is 0 Å². The molecule has 1 amide bonds. The predicted molar refractivity (Wildman–Crippen MR) is 88.3 cm³/mol. The number of ether oxygens (including phenoxy) is 2. The molecule has 0 aromatic heterocycles. The van der Waals surface area contributed by atoms with Crippen LogP contribution in [0.15, 0.2) is 24.3 Å². The largest absolute Gasteiger partial charge is 0.497 e. The summed E-state index contributed by atoms with van der Waals surface area (Å²) in [6, 6.07) is 6.52. The molecular weight excluding hydrogens is 310 g/mol. The van der Waals surface area contributed by atoms with Gasteiger partial charge in [-0.2, -0.15) is 0 Å². The number of amides is 1. The first-order chi connectivity index (χ1) is 11.1. The highest BCUT2D eigenvalue weighted by molar-refractivity contribution is 5.97. The lowest BCUT2D eigenvalue weighted by Gasteiger charge is -2.47. The zero-order valence-electron chi connectivity index (χ0n) is 14.8. The molecule has 3 atom stereocenters. The minimum Gasteiger partial charge on any atom is -0.497 e. The van der Waals surface area contributed by atoms with Gasteiger partial charge in [-0.3, -0.25) is 4.79 Å². The minimum absolute atomic E-state index is 0.239. The number of esters is 1. The monoisotopic (exact) mass is 335 g/mol. The molecule has 1 aliphatic rings. The van der Waals surface area contributed by atoms with E-state index in [9.17, 15) is 14.7 Å². The number of likely N-dealkylation sites (tertiary alicyclic amines) is 1. The molecule has 1 heterocycles. The molecule has 24 heavy (non-hydrogen) atoms. The van der Waals surface area contributed by atoms with E-state index in [4.69, 9.17) is 9.47 Å². The lowest BCUT2D eigenvalue weighted by molar-refractivity contribution is -0.188. The van der Waals surface area contributed by atoms with E-state index < -0.39 is 29.6 Å². The van der Waals surface area contributed by atoms with Crippen LogP contribution in [0.25, 0.3) is 0 Å². The lowest BCUT2D eigenvalue weighted by atomic mass is 9.82. The molecule has 0 radical (unpaired) electrons. The third-order valence-electron chi connectivity index (χ3n) is 3.92. The number of hydrogen-bond acceptors (Lipinski definition) is 5. The number of methoxy groups -OCH3 is 1. The maximum atomic E-state index is 12.5. The Morgan fingerprint density at radius 2 is 1.88 bits per heavy atom. The third kappa shape index (κ3) is 3.87. The first-order valence-corrected chi connectivity index (χ1v) is 7.98. The Bertz CT molecular complexity index is 603. The zero-order valence-corrected chi connectivity index (χ0v) is 14.8. The summed E-state index contributed by atoms with van der Waals surface area (Å²) < 4.78 is 10.5. The highest BCUT2D eigenvalue weighted by Gasteiger charge is 2.54. The molecule has 1 aliphatic heterocycles. The number of aliphatic hydroxyl groups is 1. The Labute approximate surface area is 142 Å². The highest BCUT2D eigenvalue weighted by Crippen LogP contribution is 2.33. The van der Waals surface area contributed by atoms with Crippen LogP contribution in [0.1, 0.15) is 33.3 Å². The van der Waals surface area contributed by atoms with E-state index in [0.29, 0.717) is 0 Å². The van der Waals surface area contributed by atoms with Gasteiger partial charge in [-0.25, -0.2) is 4.79 Å². The summed E-state index contributed by atoms with van der Waals surface area (Å²) in [4.78, 5) is 26.3. The van der Waals surface area contributed by atoms with Gasteiger partial charge in [0.05, 0.1) is 19.1 Å². The van der Waals surface area contributed by atoms with Crippen molar-refractivity contribution in [1.29, 1.82) is 0 Å². The fraction of sp³-hybridized carbons (Fsp3) is 0.556. The molecule has 0 bridgehead atoms. The maximum Gasteiger partial charge on any atom is 0.330 e. The number of hydrogen-bond donors (Lipinski definition) is 1. The van der Waals surface area contributed by atoms with Crippen molar-refractivity contribution in [2.45, 2.75) is 52.0 Å². The molecular formula is C18H25NO5. The summed E-state index contributed by atoms with van der Waals surface area (Å²) in [5.74, 6) is -0.754. The molecule has 0 saturated carbocycles. The normalized spacial score (nSPS) is 21.9. The van der Waals surface area contributed by atoms with Crippen LogP contribution in [0.5, 0.6) is 5.75 Å². The number of aliphatic hydroxyl groups excluding tert-OH is 1. The van der Waals surface area contributed by atoms with Crippen LogP contribution in [0, 0.1) is 5.92 Å². The average Bonchev–Trinajstić information content (AvgIpc) is 2.48. The van der Waals surface area contributed by atoms with Crippen LogP contribution in [0.4, 0.5) is 0 Å². The van der Waals surface area contributed by atoms with Gasteiger partial charge in [0.15, 0.2) is 0 Å². The minimum atomic E-state index is -0.901. The van der Waals surface area contributed by atoms with Gasteiger partial charge in [0.2, 0.25) is 5.91 Å². The van der Waals surface area contributed by atoms with E-state index >= 15 is 0 Å². The Morgan fingerprint density at radius 3 is 2.33 bits per heavy atom. The SMILES string of the molecule is COc1ccc(CN2C(=O)C([C@@H](C)O)C2C(=O)OC(C)(C)C)cc1. The Kier molecular flexibility index (Phi) is 5.18. The smallest absolute Gasteiger partial charge is 0.330 e. The molecule has 0 spiro atoms. The first-order valence-electron chi connectivity index (χ1n) is 7.98. The van der Waals surface area contributed by atoms with Gasteiger partial charge in [-0.05, 0) is 45.4 Å². The summed E-state index contributed by atoms with van der Waals surface area (Å²) >= 11 is 0. The molecule has 1 N–H and O–H groups in total. The lowest BCUT2D eigenvalue weighted by Crippen LogP contribution is -2.67. The van der Waals surface area contributed by atoms with Gasteiger partial charge in [0.25, 0.3) is 0 Å². The predicted octanol–water partition coefficient (Wildman–Crippen LogP) is 1.74. The summed E-state index contributed by atoms with van der Waals surface area (Å²) in [5.41, 5.74) is 0.229. The topological polar surface area (TPSA) is 76.1 Å². The van der Waals surface area contributed by atoms with E-state index in [2.05, 4.69) is 0 Å². The zero-order chi connectivity index (χ0) is 18.1. The van der Waals surface area contributed by atoms with E-state index in [1.165, 1.54) is 11.8 Å². The van der Waals surface area contributed by atoms with Crippen LogP contribution in [-0.2, 0) is 20.9 Å². The molecule has 1 aromatic carbocycles. The summed E-state index contributed by atoms with van der Waals surface area (Å²) in [7, 11) is 1.58. The fourth-order valence-electron chi connectivity index (χ4n) is 2.79. The second-order valence-electron chi connectivity index (χ2n) is 7.06. The molecule has 2 unspecified atom stereocenters. The van der Waals surface area contributed by atoms with Crippen molar-refractivity contribution in [3.63, 3.8) is 0 Å². The van der Waals surface area contributed by atoms with E-state index in [1.54, 1.807) is 40.0 Å². The van der Waals surface area contributed by atoms with Crippen molar-refractivity contribution in [1.82, 2.24) is 4.90 Å². The van der Waals surface area contributed by atoms with Crippen LogP contribution in [0.2, 0.25) is 0 Å². The summed E-state index contributed by atoms with van der Waals surface area (Å²) in [6.45, 7) is 7.13. The van der Waals surface area contributed by atoms with Crippen molar-refractivity contribution in [3.8, 4) is 5.75 Å². The number of β-lactam (4-membered cyclic amide) rings is 1. The number of nitrogens with zero attached hydrogens (tertiary/aromatic N) is 1. The summed E-state index contributed by atoms with van der Waals surface area (Å²) in [5, 5.41) is 9.84. The van der Waals surface area contributed by atoms with E-state index in [-0.39, 0.29) is 12.5 Å². The van der Waals surface area contributed by atoms with Crippen molar-refractivity contribution in [2.24, 2.45) is 5.92 Å². The van der Waals surface area contributed by atoms with Gasteiger partial charge in [0.1, 0.15) is 17.4 Å². The second kappa shape index (κ2) is 6.81. The molecule has 1 fully saturated rings. The van der Waals surface area contributed by atoms with Crippen molar-refractivity contribution < 1.29 is 24.2 Å². The second-order valence-corrected chi connectivity index (χ2v) is 7.06. The molecule has 2 rings (SSSR count). The average molecular weight is 335 g/mol. The van der Waals surface area contributed by atoms with E-state index in [0.717, 1.165) is 11.3 Å². The van der Waals surface area contributed by atoms with Crippen LogP contribution in [-0.4, -0.2) is 46.7 Å². The molecule has 1 saturated heterocycles. The quantitative estimate of drug-likeness (QED) is 0.655. The van der Waals surface area contributed by atoms with Crippen LogP contribution >= 0.6 is 0 Å². The molecule has 6 heteroatoms. The van der Waals surface area contributed by atoms with Gasteiger partial charge < -0.3 is 19.5 Å². The van der Waals surface area contributed by atoms with Crippen LogP contribution in [0.3, 0.4) is 0 Å². The molecule has 1 aromatic rings. The molecule has 132 valence electrons. The fourth-order valence-corrected chi connectivity index (χ4v) is 2.79. The Hall–Kier alpha value is -2.08. The summed E-state index contributed by atoms with van der Waals surface area (Å²) in [6.07, 6.45) is -0.901. The molecule has 0 aliphatic carbocycles. The van der Waals surface area contributed by atoms with Crippen molar-refractivity contribution >= 4 is 11.9 Å². The number of carbonyl (C=O) groups excluding carboxylic acids is 2. The maximum absolute atomic E-state index is 12.5. The first kappa shape index (κ1) is 18.3. The van der Waals surface area contributed by atoms with E-state index in [1.807, 2.05) is 12.1 Å². The number of rotatable bonds is 5. The number of carbonyl (C=O) groups is 2. The standard InChI is InChI=1S/C18H25NO5/c1-11(20)14-15(17(22)24-18(2,3)4)19(16(14)21)10-12-6-8-13(23-5)9-7-12/h6-9,11,14-15,20H,10H2,1-5H3/t11-,14?,15?/m1/s1. The van der Waals surface area contributed by atoms with Crippen LogP contribution < -0.4 is 4.74 Å². The highest BCUT2D eigenvalue weighted by atomic mass is 16.6. The van der Waals surface area contributed by atoms with Gasteiger partial charge in [-0.1, -0.05) is 12.1 Å². The van der Waals surface area contributed by atoms with Gasteiger partial charge >= 0.3 is 5.97 Å². The van der Waals surface area contributed by atoms with Crippen molar-refractivity contribution in [2.75, 3.05) is 7.11 Å². The van der Waals surface area contributed by atoms with Gasteiger partial charge in [0, 0.05) is 6.54 Å². The number of benzene rings is 1. The Morgan fingerprint density at radius 1 is 1.29 bits per heavy atom. The Balaban J connectivity index is 2.16. The third-order valence-corrected chi connectivity index (χ3v) is 3.92.